The molecule has 2 amide bonds. The quantitative estimate of drug-likeness (QED) is 0.392. The van der Waals surface area contributed by atoms with Gasteiger partial charge in [0.25, 0.3) is 11.8 Å². The van der Waals surface area contributed by atoms with E-state index in [-0.39, 0.29) is 5.57 Å². The molecule has 4 rings (SSSR count). The lowest BCUT2D eigenvalue weighted by atomic mass is 10.2. The Hall–Kier alpha value is -3.84. The van der Waals surface area contributed by atoms with Crippen LogP contribution >= 0.6 is 11.6 Å². The van der Waals surface area contributed by atoms with E-state index in [9.17, 15) is 14.4 Å². The molecule has 0 spiro atoms. The van der Waals surface area contributed by atoms with Crippen molar-refractivity contribution in [2.24, 2.45) is 0 Å². The standard InChI is InChI=1S/C22H15ClN2O5/c1-29-22(28)13-5-7-16(8-6-13)25-21(27)18(20(26)24-25)12-17-9-10-19(30-17)14-3-2-4-15(23)11-14/h2-12H,1H3,(H,24,26)/b18-12+. The summed E-state index contributed by atoms with van der Waals surface area (Å²) in [5.41, 5.74) is 3.95. The molecule has 8 heteroatoms. The molecule has 1 fully saturated rings. The molecule has 7 nitrogen and oxygen atoms in total. The predicted octanol–water partition coefficient (Wildman–Crippen LogP) is 3.85. The van der Waals surface area contributed by atoms with Crippen LogP contribution in [-0.2, 0) is 14.3 Å². The largest absolute Gasteiger partial charge is 0.465 e. The lowest BCUT2D eigenvalue weighted by Crippen LogP contribution is -2.35. The molecule has 3 aromatic rings. The number of nitrogens with one attached hydrogen (secondary N) is 1. The molecule has 2 aromatic carbocycles. The SMILES string of the molecule is COC(=O)c1ccc(N2NC(=O)/C(=C\c3ccc(-c4cccc(Cl)c4)o3)C2=O)cc1. The Labute approximate surface area is 176 Å². The summed E-state index contributed by atoms with van der Waals surface area (Å²) in [4.78, 5) is 36.6. The summed E-state index contributed by atoms with van der Waals surface area (Å²) in [6.07, 6.45) is 1.38. The number of methoxy groups -OCH3 is 1. The number of halogens is 1. The lowest BCUT2D eigenvalue weighted by Gasteiger charge is -2.14. The molecule has 0 aliphatic carbocycles. The Kier molecular flexibility index (Phi) is 5.12. The van der Waals surface area contributed by atoms with E-state index in [1.54, 1.807) is 30.3 Å². The van der Waals surface area contributed by atoms with Gasteiger partial charge in [-0.15, -0.1) is 0 Å². The molecule has 2 heterocycles. The van der Waals surface area contributed by atoms with Gasteiger partial charge in [-0.2, -0.15) is 0 Å². The molecule has 0 atom stereocenters. The number of nitrogens with zero attached hydrogens (tertiary/aromatic N) is 1. The number of amides is 2. The van der Waals surface area contributed by atoms with Gasteiger partial charge in [-0.3, -0.25) is 15.0 Å². The second kappa shape index (κ2) is 7.88. The topological polar surface area (TPSA) is 88.8 Å². The summed E-state index contributed by atoms with van der Waals surface area (Å²) in [5, 5.41) is 1.68. The van der Waals surface area contributed by atoms with E-state index in [2.05, 4.69) is 10.2 Å². The van der Waals surface area contributed by atoms with Crippen LogP contribution in [0.25, 0.3) is 17.4 Å². The first-order valence-corrected chi connectivity index (χ1v) is 9.25. The zero-order chi connectivity index (χ0) is 21.3. The maximum Gasteiger partial charge on any atom is 0.337 e. The van der Waals surface area contributed by atoms with Crippen LogP contribution < -0.4 is 10.4 Å². The first kappa shape index (κ1) is 19.5. The molecule has 0 bridgehead atoms. The number of benzene rings is 2. The molecule has 1 N–H and O–H groups in total. The van der Waals surface area contributed by atoms with Crippen LogP contribution in [0.1, 0.15) is 16.1 Å². The normalized spacial score (nSPS) is 14.9. The highest BCUT2D eigenvalue weighted by molar-refractivity contribution is 6.31. The first-order chi connectivity index (χ1) is 14.5. The monoisotopic (exact) mass is 422 g/mol. The number of ether oxygens (including phenoxy) is 1. The minimum atomic E-state index is -0.558. The number of hydrogen-bond acceptors (Lipinski definition) is 5. The molecule has 150 valence electrons. The Bertz CT molecular complexity index is 1180. The second-order valence-corrected chi connectivity index (χ2v) is 6.83. The molecule has 0 radical (unpaired) electrons. The summed E-state index contributed by atoms with van der Waals surface area (Å²) in [6, 6.07) is 16.6. The third-order valence-electron chi connectivity index (χ3n) is 4.46. The van der Waals surface area contributed by atoms with Crippen molar-refractivity contribution in [3.05, 3.63) is 82.6 Å². The maximum absolute atomic E-state index is 12.7. The molecule has 1 saturated heterocycles. The van der Waals surface area contributed by atoms with Gasteiger partial charge >= 0.3 is 5.97 Å². The summed E-state index contributed by atoms with van der Waals surface area (Å²) in [6.45, 7) is 0. The number of carbonyl (C=O) groups excluding carboxylic acids is 3. The van der Waals surface area contributed by atoms with Gasteiger partial charge < -0.3 is 9.15 Å². The van der Waals surface area contributed by atoms with Crippen molar-refractivity contribution in [3.63, 3.8) is 0 Å². The van der Waals surface area contributed by atoms with E-state index in [1.807, 2.05) is 6.07 Å². The third kappa shape index (κ3) is 3.70. The molecule has 30 heavy (non-hydrogen) atoms. The Balaban J connectivity index is 1.57. The fourth-order valence-electron chi connectivity index (χ4n) is 2.97. The average Bonchev–Trinajstić information content (AvgIpc) is 3.34. The van der Waals surface area contributed by atoms with Crippen LogP contribution in [0, 0.1) is 0 Å². The van der Waals surface area contributed by atoms with Crippen molar-refractivity contribution in [3.8, 4) is 11.3 Å². The smallest absolute Gasteiger partial charge is 0.337 e. The highest BCUT2D eigenvalue weighted by Crippen LogP contribution is 2.27. The van der Waals surface area contributed by atoms with Crippen LogP contribution in [0.5, 0.6) is 0 Å². The van der Waals surface area contributed by atoms with Gasteiger partial charge in [0.2, 0.25) is 0 Å². The van der Waals surface area contributed by atoms with Crippen LogP contribution in [0.4, 0.5) is 5.69 Å². The van der Waals surface area contributed by atoms with Crippen LogP contribution in [-0.4, -0.2) is 24.9 Å². The number of carbonyl (C=O) groups is 3. The molecular weight excluding hydrogens is 408 g/mol. The summed E-state index contributed by atoms with van der Waals surface area (Å²) in [5.74, 6) is -0.673. The second-order valence-electron chi connectivity index (χ2n) is 6.39. The van der Waals surface area contributed by atoms with E-state index in [4.69, 9.17) is 16.0 Å². The van der Waals surface area contributed by atoms with E-state index in [0.717, 1.165) is 10.6 Å². The van der Waals surface area contributed by atoms with Crippen molar-refractivity contribution in [2.45, 2.75) is 0 Å². The van der Waals surface area contributed by atoms with E-state index < -0.39 is 17.8 Å². The highest BCUT2D eigenvalue weighted by atomic mass is 35.5. The lowest BCUT2D eigenvalue weighted by molar-refractivity contribution is -0.117. The van der Waals surface area contributed by atoms with Crippen molar-refractivity contribution >= 4 is 41.1 Å². The van der Waals surface area contributed by atoms with Gasteiger partial charge in [0.05, 0.1) is 18.4 Å². The van der Waals surface area contributed by atoms with Gasteiger partial charge in [0.1, 0.15) is 17.1 Å². The summed E-state index contributed by atoms with van der Waals surface area (Å²) in [7, 11) is 1.28. The zero-order valence-electron chi connectivity index (χ0n) is 15.7. The number of rotatable bonds is 4. The Morgan fingerprint density at radius 1 is 1.10 bits per heavy atom. The van der Waals surface area contributed by atoms with Gasteiger partial charge in [0, 0.05) is 10.6 Å². The first-order valence-electron chi connectivity index (χ1n) is 8.87. The summed E-state index contributed by atoms with van der Waals surface area (Å²) < 4.78 is 10.4. The predicted molar refractivity (Wildman–Crippen MR) is 111 cm³/mol. The summed E-state index contributed by atoms with van der Waals surface area (Å²) >= 11 is 6.00. The average molecular weight is 423 g/mol. The van der Waals surface area contributed by atoms with Crippen LogP contribution in [0.2, 0.25) is 5.02 Å². The number of hydrazine groups is 1. The molecule has 1 aliphatic rings. The number of furan rings is 1. The molecular formula is C22H15ClN2O5. The van der Waals surface area contributed by atoms with Crippen molar-refractivity contribution < 1.29 is 23.5 Å². The fourth-order valence-corrected chi connectivity index (χ4v) is 3.16. The van der Waals surface area contributed by atoms with Crippen LogP contribution in [0.15, 0.2) is 70.7 Å². The van der Waals surface area contributed by atoms with E-state index in [1.165, 1.54) is 37.5 Å². The zero-order valence-corrected chi connectivity index (χ0v) is 16.5. The minimum absolute atomic E-state index is 0.0703. The maximum atomic E-state index is 12.7. The van der Waals surface area contributed by atoms with Crippen molar-refractivity contribution in [2.75, 3.05) is 12.1 Å². The molecule has 1 aliphatic heterocycles. The minimum Gasteiger partial charge on any atom is -0.465 e. The Morgan fingerprint density at radius 2 is 1.87 bits per heavy atom. The number of hydrogen-bond donors (Lipinski definition) is 1. The number of anilines is 1. The van der Waals surface area contributed by atoms with E-state index >= 15 is 0 Å². The molecule has 0 unspecified atom stereocenters. The van der Waals surface area contributed by atoms with E-state index in [0.29, 0.717) is 27.8 Å². The highest BCUT2D eigenvalue weighted by Gasteiger charge is 2.34. The third-order valence-corrected chi connectivity index (χ3v) is 4.70. The molecule has 0 saturated carbocycles. The van der Waals surface area contributed by atoms with Gasteiger partial charge in [-0.05, 0) is 54.6 Å². The van der Waals surface area contributed by atoms with Crippen molar-refractivity contribution in [1.29, 1.82) is 0 Å². The molecule has 1 aromatic heterocycles. The number of esters is 1. The Morgan fingerprint density at radius 3 is 2.57 bits per heavy atom. The fraction of sp³-hybridized carbons (Fsp3) is 0.0455. The van der Waals surface area contributed by atoms with Gasteiger partial charge in [-0.25, -0.2) is 9.80 Å². The van der Waals surface area contributed by atoms with Crippen molar-refractivity contribution in [1.82, 2.24) is 5.43 Å². The van der Waals surface area contributed by atoms with Gasteiger partial charge in [0.15, 0.2) is 0 Å². The van der Waals surface area contributed by atoms with Crippen LogP contribution in [0.3, 0.4) is 0 Å². The van der Waals surface area contributed by atoms with Gasteiger partial charge in [-0.1, -0.05) is 23.7 Å².